The largest absolute Gasteiger partial charge is 0.497 e. The molecule has 0 bridgehead atoms. The van der Waals surface area contributed by atoms with E-state index in [1.54, 1.807) is 58.7 Å². The molecule has 35 heavy (non-hydrogen) atoms. The summed E-state index contributed by atoms with van der Waals surface area (Å²) < 4.78 is 18.7. The molecule has 2 heterocycles. The van der Waals surface area contributed by atoms with Crippen molar-refractivity contribution >= 4 is 16.7 Å². The Labute approximate surface area is 202 Å². The number of hydrogen-bond acceptors (Lipinski definition) is 7. The summed E-state index contributed by atoms with van der Waals surface area (Å²) in [7, 11) is 6.42. The minimum atomic E-state index is -0.325. The molecule has 0 unspecified atom stereocenters. The minimum Gasteiger partial charge on any atom is -0.497 e. The van der Waals surface area contributed by atoms with Crippen LogP contribution in [-0.2, 0) is 24.9 Å². The second kappa shape index (κ2) is 10.4. The fourth-order valence-corrected chi connectivity index (χ4v) is 3.85. The molecule has 0 saturated carbocycles. The summed E-state index contributed by atoms with van der Waals surface area (Å²) in [6, 6.07) is 14.3. The van der Waals surface area contributed by atoms with Gasteiger partial charge in [0.15, 0.2) is 0 Å². The van der Waals surface area contributed by atoms with E-state index in [-0.39, 0.29) is 18.0 Å². The van der Waals surface area contributed by atoms with Gasteiger partial charge in [0, 0.05) is 25.1 Å². The van der Waals surface area contributed by atoms with E-state index in [2.05, 4.69) is 15.5 Å². The number of rotatable bonds is 9. The Kier molecular flexibility index (Phi) is 7.11. The fourth-order valence-electron chi connectivity index (χ4n) is 3.85. The van der Waals surface area contributed by atoms with E-state index >= 15 is 0 Å². The number of fused-ring (bicyclic) bond motifs is 1. The second-order valence-corrected chi connectivity index (χ2v) is 7.80. The first-order chi connectivity index (χ1) is 17.0. The third-order valence-electron chi connectivity index (χ3n) is 5.66. The minimum absolute atomic E-state index is 0.135. The molecule has 0 aliphatic rings. The molecule has 10 heteroatoms. The summed E-state index contributed by atoms with van der Waals surface area (Å²) in [6.45, 7) is 0.798. The number of hydrogen-bond donors (Lipinski definition) is 1. The monoisotopic (exact) mass is 477 g/mol. The Bertz CT molecular complexity index is 1430. The zero-order valence-electron chi connectivity index (χ0n) is 20.1. The molecule has 0 aliphatic heterocycles. The lowest BCUT2D eigenvalue weighted by molar-refractivity contribution is 0.0941. The lowest BCUT2D eigenvalue weighted by atomic mass is 10.1. The molecular weight excluding hydrogens is 450 g/mol. The zero-order chi connectivity index (χ0) is 24.9. The van der Waals surface area contributed by atoms with Gasteiger partial charge in [0.25, 0.3) is 11.5 Å². The van der Waals surface area contributed by atoms with Gasteiger partial charge in [-0.2, -0.15) is 10.2 Å². The van der Waals surface area contributed by atoms with Crippen LogP contribution in [0.4, 0.5) is 0 Å². The predicted molar refractivity (Wildman–Crippen MR) is 131 cm³/mol. The number of nitrogens with zero attached hydrogens (tertiary/aromatic N) is 4. The molecule has 0 spiro atoms. The van der Waals surface area contributed by atoms with E-state index in [9.17, 15) is 9.59 Å². The Balaban J connectivity index is 1.61. The number of nitrogens with one attached hydrogen (secondary N) is 1. The second-order valence-electron chi connectivity index (χ2n) is 7.80. The number of ether oxygens (including phenoxy) is 3. The summed E-state index contributed by atoms with van der Waals surface area (Å²) in [5.74, 6) is 0.942. The van der Waals surface area contributed by atoms with E-state index in [4.69, 9.17) is 14.2 Å². The van der Waals surface area contributed by atoms with E-state index in [0.717, 1.165) is 0 Å². The van der Waals surface area contributed by atoms with Gasteiger partial charge in [-0.15, -0.1) is 0 Å². The van der Waals surface area contributed by atoms with Crippen molar-refractivity contribution in [3.8, 4) is 22.8 Å². The average molecular weight is 478 g/mol. The molecular formula is C25H27N5O5. The van der Waals surface area contributed by atoms with Crippen LogP contribution in [0.1, 0.15) is 16.2 Å². The van der Waals surface area contributed by atoms with Gasteiger partial charge in [-0.25, -0.2) is 4.68 Å². The number of aromatic nitrogens is 4. The van der Waals surface area contributed by atoms with Crippen molar-refractivity contribution in [3.63, 3.8) is 0 Å². The molecule has 1 amide bonds. The molecule has 1 N–H and O–H groups in total. The van der Waals surface area contributed by atoms with Crippen LogP contribution in [0.2, 0.25) is 0 Å². The molecule has 10 nitrogen and oxygen atoms in total. The number of aryl methyl sites for hydroxylation is 1. The number of methoxy groups -OCH3 is 3. The Morgan fingerprint density at radius 3 is 2.49 bits per heavy atom. The van der Waals surface area contributed by atoms with Gasteiger partial charge in [0.2, 0.25) is 0 Å². The maximum Gasteiger partial charge on any atom is 0.274 e. The van der Waals surface area contributed by atoms with Crippen molar-refractivity contribution in [2.45, 2.75) is 13.1 Å². The van der Waals surface area contributed by atoms with E-state index in [1.165, 1.54) is 9.36 Å². The number of carbonyl (C=O) groups excluding carboxylic acids is 1. The van der Waals surface area contributed by atoms with E-state index in [1.807, 2.05) is 18.2 Å². The molecule has 4 rings (SSSR count). The summed E-state index contributed by atoms with van der Waals surface area (Å²) in [4.78, 5) is 25.8. The summed E-state index contributed by atoms with van der Waals surface area (Å²) in [6.07, 6.45) is 0. The smallest absolute Gasteiger partial charge is 0.274 e. The maximum absolute atomic E-state index is 13.1. The van der Waals surface area contributed by atoms with E-state index in [0.29, 0.717) is 58.1 Å². The number of benzene rings is 2. The predicted octanol–water partition coefficient (Wildman–Crippen LogP) is 2.39. The van der Waals surface area contributed by atoms with Crippen LogP contribution in [0, 0.1) is 0 Å². The quantitative estimate of drug-likeness (QED) is 0.394. The number of amides is 1. The summed E-state index contributed by atoms with van der Waals surface area (Å²) in [5.41, 5.74) is 2.03. The highest BCUT2D eigenvalue weighted by Gasteiger charge is 2.18. The molecule has 0 atom stereocenters. The van der Waals surface area contributed by atoms with Crippen molar-refractivity contribution in [1.82, 2.24) is 24.9 Å². The third-order valence-corrected chi connectivity index (χ3v) is 5.66. The van der Waals surface area contributed by atoms with Crippen LogP contribution in [0.25, 0.3) is 22.0 Å². The van der Waals surface area contributed by atoms with Gasteiger partial charge in [-0.05, 0) is 30.3 Å². The molecule has 4 aromatic rings. The van der Waals surface area contributed by atoms with Crippen molar-refractivity contribution in [2.24, 2.45) is 7.05 Å². The molecule has 182 valence electrons. The molecule has 0 radical (unpaired) electrons. The first kappa shape index (κ1) is 24.0. The van der Waals surface area contributed by atoms with Gasteiger partial charge in [-0.3, -0.25) is 14.3 Å². The topological polar surface area (TPSA) is 110 Å². The van der Waals surface area contributed by atoms with Gasteiger partial charge in [-0.1, -0.05) is 18.2 Å². The highest BCUT2D eigenvalue weighted by molar-refractivity contribution is 5.94. The lowest BCUT2D eigenvalue weighted by Gasteiger charge is -2.11. The van der Waals surface area contributed by atoms with Crippen molar-refractivity contribution in [1.29, 1.82) is 0 Å². The summed E-state index contributed by atoms with van der Waals surface area (Å²) >= 11 is 0. The van der Waals surface area contributed by atoms with Gasteiger partial charge < -0.3 is 19.5 Å². The van der Waals surface area contributed by atoms with Gasteiger partial charge in [0.05, 0.1) is 50.7 Å². The molecule has 0 fully saturated rings. The third kappa shape index (κ3) is 4.87. The van der Waals surface area contributed by atoms with Crippen molar-refractivity contribution in [2.75, 3.05) is 27.9 Å². The Morgan fingerprint density at radius 2 is 1.77 bits per heavy atom. The summed E-state index contributed by atoms with van der Waals surface area (Å²) in [5, 5.41) is 13.1. The lowest BCUT2D eigenvalue weighted by Crippen LogP contribution is -2.30. The Hall–Kier alpha value is -4.18. The van der Waals surface area contributed by atoms with Crippen LogP contribution < -0.4 is 20.3 Å². The van der Waals surface area contributed by atoms with Crippen molar-refractivity contribution in [3.05, 3.63) is 70.3 Å². The highest BCUT2D eigenvalue weighted by atomic mass is 16.5. The first-order valence-corrected chi connectivity index (χ1v) is 11.0. The normalized spacial score (nSPS) is 11.0. The number of carbonyl (C=O) groups is 1. The SMILES string of the molecule is COCCn1nc(CNC(=O)c2cc(-c3cc(OC)ccc3OC)nn2C)c2ccccc2c1=O. The molecule has 0 saturated heterocycles. The zero-order valence-corrected chi connectivity index (χ0v) is 20.1. The maximum atomic E-state index is 13.1. The Morgan fingerprint density at radius 1 is 1.00 bits per heavy atom. The van der Waals surface area contributed by atoms with Crippen LogP contribution in [-0.4, -0.2) is 53.4 Å². The fraction of sp³-hybridized carbons (Fsp3) is 0.280. The molecule has 2 aromatic heterocycles. The average Bonchev–Trinajstić information content (AvgIpc) is 3.28. The van der Waals surface area contributed by atoms with Gasteiger partial charge >= 0.3 is 0 Å². The van der Waals surface area contributed by atoms with Crippen LogP contribution in [0.15, 0.2) is 53.3 Å². The standard InChI is InChI=1S/C25H27N5O5/c1-29-22(14-20(27-29)19-13-16(34-3)9-10-23(19)35-4)24(31)26-15-21-17-7-5-6-8-18(17)25(32)30(28-21)11-12-33-2/h5-10,13-14H,11-12,15H2,1-4H3,(H,26,31). The van der Waals surface area contributed by atoms with Crippen LogP contribution >= 0.6 is 0 Å². The van der Waals surface area contributed by atoms with Gasteiger partial charge in [0.1, 0.15) is 17.2 Å². The van der Waals surface area contributed by atoms with E-state index < -0.39 is 0 Å². The highest BCUT2D eigenvalue weighted by Crippen LogP contribution is 2.33. The molecule has 2 aromatic carbocycles. The first-order valence-electron chi connectivity index (χ1n) is 11.0. The molecule has 0 aliphatic carbocycles. The van der Waals surface area contributed by atoms with Crippen LogP contribution in [0.3, 0.4) is 0 Å². The van der Waals surface area contributed by atoms with Crippen molar-refractivity contribution < 1.29 is 19.0 Å². The van der Waals surface area contributed by atoms with Crippen LogP contribution in [0.5, 0.6) is 11.5 Å².